The zero-order valence-electron chi connectivity index (χ0n) is 6.43. The highest BCUT2D eigenvalue weighted by Gasteiger charge is 2.30. The molecule has 0 bridgehead atoms. The van der Waals surface area contributed by atoms with E-state index in [4.69, 9.17) is 11.0 Å². The molecule has 0 heterocycles. The van der Waals surface area contributed by atoms with Crippen LogP contribution < -0.4 is 5.73 Å². The van der Waals surface area contributed by atoms with Gasteiger partial charge in [0, 0.05) is 0 Å². The number of rotatable bonds is 0. The Morgan fingerprint density at radius 2 is 2.40 bits per heavy atom. The van der Waals surface area contributed by atoms with E-state index in [9.17, 15) is 0 Å². The Balaban J connectivity index is 2.56. The molecular weight excluding hydrogens is 124 g/mol. The Bertz CT molecular complexity index is 159. The Morgan fingerprint density at radius 1 is 1.70 bits per heavy atom. The van der Waals surface area contributed by atoms with E-state index in [1.54, 1.807) is 0 Å². The third-order valence-corrected chi connectivity index (χ3v) is 2.26. The first-order valence-electron chi connectivity index (χ1n) is 3.86. The Kier molecular flexibility index (Phi) is 1.96. The van der Waals surface area contributed by atoms with Gasteiger partial charge < -0.3 is 5.73 Å². The number of hydrogen-bond donors (Lipinski definition) is 1. The minimum absolute atomic E-state index is 0.502. The van der Waals surface area contributed by atoms with Crippen molar-refractivity contribution in [3.05, 3.63) is 0 Å². The van der Waals surface area contributed by atoms with Crippen LogP contribution in [0.3, 0.4) is 0 Å². The monoisotopic (exact) mass is 138 g/mol. The predicted molar refractivity (Wildman–Crippen MR) is 40.2 cm³/mol. The van der Waals surface area contributed by atoms with Crippen LogP contribution >= 0.6 is 0 Å². The van der Waals surface area contributed by atoms with Crippen LogP contribution in [0, 0.1) is 17.2 Å². The van der Waals surface area contributed by atoms with Gasteiger partial charge in [-0.1, -0.05) is 19.8 Å². The highest BCUT2D eigenvalue weighted by molar-refractivity contribution is 5.06. The molecule has 0 amide bonds. The van der Waals surface area contributed by atoms with E-state index in [2.05, 4.69) is 13.0 Å². The molecule has 0 aromatic rings. The van der Waals surface area contributed by atoms with Gasteiger partial charge in [-0.15, -0.1) is 0 Å². The highest BCUT2D eigenvalue weighted by Crippen LogP contribution is 2.29. The average molecular weight is 138 g/mol. The van der Waals surface area contributed by atoms with Crippen LogP contribution in [0.5, 0.6) is 0 Å². The zero-order chi connectivity index (χ0) is 7.61. The van der Waals surface area contributed by atoms with Gasteiger partial charge in [0.25, 0.3) is 0 Å². The summed E-state index contributed by atoms with van der Waals surface area (Å²) < 4.78 is 0. The van der Waals surface area contributed by atoms with Crippen molar-refractivity contribution in [3.63, 3.8) is 0 Å². The van der Waals surface area contributed by atoms with Gasteiger partial charge in [-0.05, 0) is 18.8 Å². The lowest BCUT2D eigenvalue weighted by Gasteiger charge is -2.30. The maximum atomic E-state index is 8.69. The number of nitrogens with two attached hydrogens (primary N) is 1. The standard InChI is InChI=1S/C8H14N2/c1-7-3-2-4-8(10,5-7)6-9/h7H,2-5,10H2,1H3/t7-,8+/m0/s1. The maximum Gasteiger partial charge on any atom is 0.104 e. The number of nitriles is 1. The van der Waals surface area contributed by atoms with Crippen molar-refractivity contribution in [1.29, 1.82) is 5.26 Å². The summed E-state index contributed by atoms with van der Waals surface area (Å²) in [5.74, 6) is 0.637. The molecule has 10 heavy (non-hydrogen) atoms. The van der Waals surface area contributed by atoms with Crippen molar-refractivity contribution >= 4 is 0 Å². The van der Waals surface area contributed by atoms with Gasteiger partial charge in [0.15, 0.2) is 0 Å². The zero-order valence-corrected chi connectivity index (χ0v) is 6.43. The first-order valence-corrected chi connectivity index (χ1v) is 3.86. The lowest BCUT2D eigenvalue weighted by atomic mass is 9.78. The fourth-order valence-electron chi connectivity index (χ4n) is 1.69. The molecule has 56 valence electrons. The molecule has 1 fully saturated rings. The van der Waals surface area contributed by atoms with Crippen LogP contribution in [0.25, 0.3) is 0 Å². The number of hydrogen-bond acceptors (Lipinski definition) is 2. The summed E-state index contributed by atoms with van der Waals surface area (Å²) in [7, 11) is 0. The lowest BCUT2D eigenvalue weighted by Crippen LogP contribution is -2.42. The van der Waals surface area contributed by atoms with Gasteiger partial charge in [0.05, 0.1) is 6.07 Å². The molecular formula is C8H14N2. The molecule has 0 aromatic heterocycles. The molecule has 1 rings (SSSR count). The molecule has 2 heteroatoms. The van der Waals surface area contributed by atoms with Crippen LogP contribution in [-0.4, -0.2) is 5.54 Å². The third kappa shape index (κ3) is 1.48. The van der Waals surface area contributed by atoms with Crippen molar-refractivity contribution in [2.24, 2.45) is 11.7 Å². The van der Waals surface area contributed by atoms with E-state index < -0.39 is 5.54 Å². The average Bonchev–Trinajstić information content (AvgIpc) is 1.88. The van der Waals surface area contributed by atoms with Crippen molar-refractivity contribution < 1.29 is 0 Å². The molecule has 0 aliphatic heterocycles. The molecule has 1 saturated carbocycles. The summed E-state index contributed by atoms with van der Waals surface area (Å²) in [6.07, 6.45) is 4.11. The first kappa shape index (κ1) is 7.56. The fourth-order valence-corrected chi connectivity index (χ4v) is 1.69. The van der Waals surface area contributed by atoms with Crippen molar-refractivity contribution in [2.75, 3.05) is 0 Å². The maximum absolute atomic E-state index is 8.69. The van der Waals surface area contributed by atoms with Gasteiger partial charge in [0.1, 0.15) is 5.54 Å². The summed E-state index contributed by atoms with van der Waals surface area (Å²) in [5, 5.41) is 8.69. The highest BCUT2D eigenvalue weighted by atomic mass is 14.7. The van der Waals surface area contributed by atoms with Crippen molar-refractivity contribution in [1.82, 2.24) is 0 Å². The quantitative estimate of drug-likeness (QED) is 0.550. The number of nitrogens with zero attached hydrogens (tertiary/aromatic N) is 1. The SMILES string of the molecule is C[C@H]1CCC[C@](N)(C#N)C1. The first-order chi connectivity index (χ1) is 4.66. The summed E-state index contributed by atoms with van der Waals surface area (Å²) >= 11 is 0. The van der Waals surface area contributed by atoms with Crippen LogP contribution in [0.2, 0.25) is 0 Å². The van der Waals surface area contributed by atoms with E-state index in [0.717, 1.165) is 19.3 Å². The fraction of sp³-hybridized carbons (Fsp3) is 0.875. The normalized spacial score (nSPS) is 40.7. The second-order valence-electron chi connectivity index (χ2n) is 3.47. The second-order valence-corrected chi connectivity index (χ2v) is 3.47. The molecule has 2 atom stereocenters. The summed E-state index contributed by atoms with van der Waals surface area (Å²) in [4.78, 5) is 0. The van der Waals surface area contributed by atoms with Crippen LogP contribution in [0.4, 0.5) is 0 Å². The topological polar surface area (TPSA) is 49.8 Å². The summed E-state index contributed by atoms with van der Waals surface area (Å²) in [5.41, 5.74) is 5.29. The lowest BCUT2D eigenvalue weighted by molar-refractivity contribution is 0.290. The van der Waals surface area contributed by atoms with E-state index in [1.165, 1.54) is 6.42 Å². The van der Waals surface area contributed by atoms with E-state index >= 15 is 0 Å². The smallest absolute Gasteiger partial charge is 0.104 e. The predicted octanol–water partition coefficient (Wildman–Crippen LogP) is 1.42. The van der Waals surface area contributed by atoms with Crippen LogP contribution in [-0.2, 0) is 0 Å². The molecule has 0 radical (unpaired) electrons. The Hall–Kier alpha value is -0.550. The molecule has 1 aliphatic carbocycles. The van der Waals surface area contributed by atoms with E-state index in [1.807, 2.05) is 0 Å². The van der Waals surface area contributed by atoms with Crippen molar-refractivity contribution in [2.45, 2.75) is 38.1 Å². The molecule has 1 aliphatic rings. The van der Waals surface area contributed by atoms with E-state index in [0.29, 0.717) is 5.92 Å². The van der Waals surface area contributed by atoms with Crippen LogP contribution in [0.1, 0.15) is 32.6 Å². The van der Waals surface area contributed by atoms with Crippen molar-refractivity contribution in [3.8, 4) is 6.07 Å². The molecule has 0 saturated heterocycles. The van der Waals surface area contributed by atoms with Gasteiger partial charge in [-0.25, -0.2) is 0 Å². The van der Waals surface area contributed by atoms with Crippen LogP contribution in [0.15, 0.2) is 0 Å². The molecule has 0 aromatic carbocycles. The van der Waals surface area contributed by atoms with E-state index in [-0.39, 0.29) is 0 Å². The van der Waals surface area contributed by atoms with Gasteiger partial charge >= 0.3 is 0 Å². The molecule has 2 N–H and O–H groups in total. The Labute approximate surface area is 62.0 Å². The molecule has 2 nitrogen and oxygen atoms in total. The third-order valence-electron chi connectivity index (χ3n) is 2.26. The Morgan fingerprint density at radius 3 is 2.80 bits per heavy atom. The molecule has 0 spiro atoms. The van der Waals surface area contributed by atoms with Gasteiger partial charge in [-0.2, -0.15) is 5.26 Å². The minimum Gasteiger partial charge on any atom is -0.313 e. The van der Waals surface area contributed by atoms with Gasteiger partial charge in [0.2, 0.25) is 0 Å². The summed E-state index contributed by atoms with van der Waals surface area (Å²) in [6, 6.07) is 2.19. The molecule has 0 unspecified atom stereocenters. The van der Waals surface area contributed by atoms with Gasteiger partial charge in [-0.3, -0.25) is 0 Å². The summed E-state index contributed by atoms with van der Waals surface area (Å²) in [6.45, 7) is 2.16. The second kappa shape index (κ2) is 2.59. The minimum atomic E-state index is -0.502. The largest absolute Gasteiger partial charge is 0.313 e.